The summed E-state index contributed by atoms with van der Waals surface area (Å²) in [6, 6.07) is 14.7. The molecule has 0 unspecified atom stereocenters. The first-order valence-electron chi connectivity index (χ1n) is 8.00. The lowest BCUT2D eigenvalue weighted by Gasteiger charge is -2.04. The van der Waals surface area contributed by atoms with E-state index in [1.807, 2.05) is 31.2 Å². The SMILES string of the molecule is CCCCOc1ccc(N=Nc2ccc(C(=O)CC)cc2)cc1. The number of ether oxygens (including phenoxy) is 1. The third-order valence-corrected chi connectivity index (χ3v) is 3.39. The second kappa shape index (κ2) is 8.83. The number of hydrogen-bond acceptors (Lipinski definition) is 4. The van der Waals surface area contributed by atoms with Gasteiger partial charge in [0.05, 0.1) is 18.0 Å². The fourth-order valence-electron chi connectivity index (χ4n) is 1.98. The molecule has 0 atom stereocenters. The Morgan fingerprint density at radius 2 is 1.48 bits per heavy atom. The summed E-state index contributed by atoms with van der Waals surface area (Å²) in [7, 11) is 0. The molecule has 23 heavy (non-hydrogen) atoms. The van der Waals surface area contributed by atoms with Crippen LogP contribution in [0.5, 0.6) is 5.75 Å². The predicted molar refractivity (Wildman–Crippen MR) is 92.1 cm³/mol. The zero-order chi connectivity index (χ0) is 16.5. The van der Waals surface area contributed by atoms with Crippen LogP contribution in [-0.2, 0) is 0 Å². The van der Waals surface area contributed by atoms with E-state index in [0.29, 0.717) is 12.0 Å². The highest BCUT2D eigenvalue weighted by Gasteiger charge is 2.02. The largest absolute Gasteiger partial charge is 0.494 e. The number of unbranched alkanes of at least 4 members (excludes halogenated alkanes) is 1. The highest BCUT2D eigenvalue weighted by atomic mass is 16.5. The molecule has 0 spiro atoms. The number of Topliss-reactive ketones (excluding diaryl/α,β-unsaturated/α-hetero) is 1. The van der Waals surface area contributed by atoms with Crippen LogP contribution in [0.3, 0.4) is 0 Å². The topological polar surface area (TPSA) is 51.0 Å². The van der Waals surface area contributed by atoms with Gasteiger partial charge in [-0.1, -0.05) is 20.3 Å². The Hall–Kier alpha value is -2.49. The fraction of sp³-hybridized carbons (Fsp3) is 0.316. The van der Waals surface area contributed by atoms with E-state index in [4.69, 9.17) is 4.74 Å². The molecule has 0 aliphatic rings. The minimum absolute atomic E-state index is 0.132. The van der Waals surface area contributed by atoms with Gasteiger partial charge in [-0.2, -0.15) is 10.2 Å². The molecule has 0 aliphatic carbocycles. The first-order valence-corrected chi connectivity index (χ1v) is 8.00. The molecule has 2 aromatic rings. The van der Waals surface area contributed by atoms with Crippen LogP contribution in [0.15, 0.2) is 58.8 Å². The molecule has 0 aromatic heterocycles. The van der Waals surface area contributed by atoms with Crippen LogP contribution in [0, 0.1) is 0 Å². The van der Waals surface area contributed by atoms with E-state index in [1.54, 1.807) is 24.3 Å². The molecule has 0 amide bonds. The van der Waals surface area contributed by atoms with Gasteiger partial charge >= 0.3 is 0 Å². The van der Waals surface area contributed by atoms with E-state index >= 15 is 0 Å². The van der Waals surface area contributed by atoms with Gasteiger partial charge in [-0.25, -0.2) is 0 Å². The molecule has 2 aromatic carbocycles. The minimum Gasteiger partial charge on any atom is -0.494 e. The van der Waals surface area contributed by atoms with Crippen LogP contribution >= 0.6 is 0 Å². The summed E-state index contributed by atoms with van der Waals surface area (Å²) in [5, 5.41) is 8.37. The van der Waals surface area contributed by atoms with Gasteiger partial charge < -0.3 is 4.74 Å². The Labute approximate surface area is 137 Å². The van der Waals surface area contributed by atoms with E-state index in [-0.39, 0.29) is 5.78 Å². The molecule has 0 bridgehead atoms. The van der Waals surface area contributed by atoms with Gasteiger partial charge in [-0.05, 0) is 55.0 Å². The average molecular weight is 310 g/mol. The van der Waals surface area contributed by atoms with Crippen molar-refractivity contribution in [2.45, 2.75) is 33.1 Å². The second-order valence-corrected chi connectivity index (χ2v) is 5.22. The van der Waals surface area contributed by atoms with Crippen molar-refractivity contribution in [3.05, 3.63) is 54.1 Å². The monoisotopic (exact) mass is 310 g/mol. The summed E-state index contributed by atoms with van der Waals surface area (Å²) in [4.78, 5) is 11.6. The number of carbonyl (C=O) groups excluding carboxylic acids is 1. The summed E-state index contributed by atoms with van der Waals surface area (Å²) in [6.07, 6.45) is 2.68. The van der Waals surface area contributed by atoms with Gasteiger partial charge in [0.25, 0.3) is 0 Å². The molecule has 0 fully saturated rings. The second-order valence-electron chi connectivity index (χ2n) is 5.22. The van der Waals surface area contributed by atoms with Gasteiger partial charge in [0.2, 0.25) is 0 Å². The standard InChI is InChI=1S/C19H22N2O2/c1-3-5-14-23-18-12-10-17(11-13-18)21-20-16-8-6-15(7-9-16)19(22)4-2/h6-13H,3-5,14H2,1-2H3. The first kappa shape index (κ1) is 16.9. The molecule has 0 saturated heterocycles. The molecule has 2 rings (SSSR count). The smallest absolute Gasteiger partial charge is 0.162 e. The summed E-state index contributed by atoms with van der Waals surface area (Å²) in [5.74, 6) is 0.979. The number of nitrogens with zero attached hydrogens (tertiary/aromatic N) is 2. The van der Waals surface area contributed by atoms with Crippen molar-refractivity contribution in [3.63, 3.8) is 0 Å². The molecule has 0 saturated carbocycles. The maximum Gasteiger partial charge on any atom is 0.162 e. The molecule has 4 heteroatoms. The van der Waals surface area contributed by atoms with Crippen LogP contribution in [-0.4, -0.2) is 12.4 Å². The number of carbonyl (C=O) groups is 1. The molecule has 120 valence electrons. The highest BCUT2D eigenvalue weighted by Crippen LogP contribution is 2.22. The maximum atomic E-state index is 11.6. The number of azo groups is 1. The normalized spacial score (nSPS) is 10.9. The van der Waals surface area contributed by atoms with Gasteiger partial charge in [-0.3, -0.25) is 4.79 Å². The third-order valence-electron chi connectivity index (χ3n) is 3.39. The van der Waals surface area contributed by atoms with Crippen molar-refractivity contribution in [2.75, 3.05) is 6.61 Å². The summed E-state index contributed by atoms with van der Waals surface area (Å²) in [5.41, 5.74) is 2.20. The fourth-order valence-corrected chi connectivity index (χ4v) is 1.98. The average Bonchev–Trinajstić information content (AvgIpc) is 2.61. The Bertz CT molecular complexity index is 646. The molecule has 4 nitrogen and oxygen atoms in total. The zero-order valence-corrected chi connectivity index (χ0v) is 13.7. The van der Waals surface area contributed by atoms with Gasteiger partial charge in [0, 0.05) is 12.0 Å². The van der Waals surface area contributed by atoms with E-state index in [0.717, 1.165) is 36.6 Å². The van der Waals surface area contributed by atoms with Gasteiger partial charge in [-0.15, -0.1) is 0 Å². The highest BCUT2D eigenvalue weighted by molar-refractivity contribution is 5.96. The third kappa shape index (κ3) is 5.33. The van der Waals surface area contributed by atoms with Crippen LogP contribution in [0.1, 0.15) is 43.5 Å². The summed E-state index contributed by atoms with van der Waals surface area (Å²) >= 11 is 0. The molecule has 0 radical (unpaired) electrons. The lowest BCUT2D eigenvalue weighted by atomic mass is 10.1. The van der Waals surface area contributed by atoms with Crippen LogP contribution in [0.2, 0.25) is 0 Å². The summed E-state index contributed by atoms with van der Waals surface area (Å²) < 4.78 is 5.61. The number of benzene rings is 2. The molecular formula is C19H22N2O2. The molecule has 0 heterocycles. The van der Waals surface area contributed by atoms with Crippen LogP contribution in [0.25, 0.3) is 0 Å². The lowest BCUT2D eigenvalue weighted by Crippen LogP contribution is -1.95. The number of hydrogen-bond donors (Lipinski definition) is 0. The van der Waals surface area contributed by atoms with Crippen molar-refractivity contribution >= 4 is 17.2 Å². The molecule has 0 aliphatic heterocycles. The quantitative estimate of drug-likeness (QED) is 0.347. The van der Waals surface area contributed by atoms with E-state index in [9.17, 15) is 4.79 Å². The minimum atomic E-state index is 0.132. The maximum absolute atomic E-state index is 11.6. The predicted octanol–water partition coefficient (Wildman–Crippen LogP) is 5.87. The lowest BCUT2D eigenvalue weighted by molar-refractivity contribution is 0.0988. The van der Waals surface area contributed by atoms with Crippen LogP contribution < -0.4 is 4.74 Å². The summed E-state index contributed by atoms with van der Waals surface area (Å²) in [6.45, 7) is 4.73. The Morgan fingerprint density at radius 3 is 2.00 bits per heavy atom. The Balaban J connectivity index is 1.95. The molecule has 0 N–H and O–H groups in total. The number of ketones is 1. The van der Waals surface area contributed by atoms with Crippen molar-refractivity contribution in [3.8, 4) is 5.75 Å². The molecular weight excluding hydrogens is 288 g/mol. The van der Waals surface area contributed by atoms with Crippen molar-refractivity contribution in [2.24, 2.45) is 10.2 Å². The van der Waals surface area contributed by atoms with E-state index in [2.05, 4.69) is 17.2 Å². The van der Waals surface area contributed by atoms with Crippen molar-refractivity contribution in [1.82, 2.24) is 0 Å². The zero-order valence-electron chi connectivity index (χ0n) is 13.7. The van der Waals surface area contributed by atoms with Crippen LogP contribution in [0.4, 0.5) is 11.4 Å². The van der Waals surface area contributed by atoms with Gasteiger partial charge in [0.1, 0.15) is 5.75 Å². The van der Waals surface area contributed by atoms with E-state index in [1.165, 1.54) is 0 Å². The number of rotatable bonds is 8. The Kier molecular flexibility index (Phi) is 6.48. The van der Waals surface area contributed by atoms with Crippen molar-refractivity contribution < 1.29 is 9.53 Å². The van der Waals surface area contributed by atoms with E-state index < -0.39 is 0 Å². The van der Waals surface area contributed by atoms with Crippen molar-refractivity contribution in [1.29, 1.82) is 0 Å². The first-order chi connectivity index (χ1) is 11.2. The van der Waals surface area contributed by atoms with Gasteiger partial charge in [0.15, 0.2) is 5.78 Å². The Morgan fingerprint density at radius 1 is 0.913 bits per heavy atom.